The van der Waals surface area contributed by atoms with Crippen LogP contribution in [0.2, 0.25) is 0 Å². The Hall–Kier alpha value is -2.18. The number of piperazine rings is 1. The van der Waals surface area contributed by atoms with E-state index in [0.29, 0.717) is 5.82 Å². The van der Waals surface area contributed by atoms with Gasteiger partial charge in [-0.3, -0.25) is 14.9 Å². The van der Waals surface area contributed by atoms with Crippen LogP contribution in [0.15, 0.2) is 0 Å². The number of nitrogens with one attached hydrogen (secondary N) is 2. The number of imide groups is 1. The highest BCUT2D eigenvalue weighted by Gasteiger charge is 2.26. The Labute approximate surface area is 117 Å². The summed E-state index contributed by atoms with van der Waals surface area (Å²) >= 11 is 0. The number of anilines is 2. The lowest BCUT2D eigenvalue weighted by atomic mass is 10.2. The molecule has 2 rings (SSSR count). The van der Waals surface area contributed by atoms with E-state index in [1.54, 1.807) is 11.9 Å². The lowest BCUT2D eigenvalue weighted by Gasteiger charge is -2.28. The van der Waals surface area contributed by atoms with E-state index >= 15 is 0 Å². The van der Waals surface area contributed by atoms with Gasteiger partial charge in [0, 0.05) is 19.0 Å². The minimum atomic E-state index is -0.303. The maximum Gasteiger partial charge on any atom is 0.246 e. The molecule has 1 aliphatic heterocycles. The number of carbonyl (C=O) groups excluding carboxylic acids is 2. The zero-order valence-corrected chi connectivity index (χ0v) is 12.0. The van der Waals surface area contributed by atoms with E-state index in [4.69, 9.17) is 0 Å². The summed E-state index contributed by atoms with van der Waals surface area (Å²) in [5.74, 6) is 1.49. The van der Waals surface area contributed by atoms with E-state index in [-0.39, 0.29) is 24.9 Å². The van der Waals surface area contributed by atoms with Gasteiger partial charge in [0.2, 0.25) is 11.8 Å². The van der Waals surface area contributed by atoms with E-state index in [2.05, 4.69) is 27.5 Å². The molecule has 0 bridgehead atoms. The second-order valence-electron chi connectivity index (χ2n) is 4.76. The van der Waals surface area contributed by atoms with E-state index in [0.717, 1.165) is 30.0 Å². The SMILES string of the molecule is CCCc1nc(NC)c(C)c(N2CC(=O)NC(=O)C2)n1. The van der Waals surface area contributed by atoms with Crippen molar-refractivity contribution in [1.82, 2.24) is 15.3 Å². The molecule has 0 spiro atoms. The fraction of sp³-hybridized carbons (Fsp3) is 0.538. The van der Waals surface area contributed by atoms with Crippen LogP contribution in [0.5, 0.6) is 0 Å². The van der Waals surface area contributed by atoms with Crippen molar-refractivity contribution >= 4 is 23.5 Å². The molecule has 1 saturated heterocycles. The van der Waals surface area contributed by atoms with Gasteiger partial charge in [0.15, 0.2) is 0 Å². The summed E-state index contributed by atoms with van der Waals surface area (Å²) in [6.45, 7) is 4.21. The molecular weight excluding hydrogens is 258 g/mol. The maximum absolute atomic E-state index is 11.5. The summed E-state index contributed by atoms with van der Waals surface area (Å²) in [5.41, 5.74) is 0.842. The highest BCUT2D eigenvalue weighted by molar-refractivity contribution is 6.02. The summed E-state index contributed by atoms with van der Waals surface area (Å²) in [7, 11) is 1.79. The first-order chi connectivity index (χ1) is 9.55. The third kappa shape index (κ3) is 2.87. The monoisotopic (exact) mass is 277 g/mol. The van der Waals surface area contributed by atoms with Gasteiger partial charge in [-0.2, -0.15) is 0 Å². The van der Waals surface area contributed by atoms with Gasteiger partial charge in [-0.05, 0) is 13.3 Å². The van der Waals surface area contributed by atoms with Crippen LogP contribution in [0, 0.1) is 6.92 Å². The van der Waals surface area contributed by atoms with E-state index < -0.39 is 0 Å². The Morgan fingerprint density at radius 2 is 1.90 bits per heavy atom. The first kappa shape index (κ1) is 14.2. The summed E-state index contributed by atoms with van der Waals surface area (Å²) < 4.78 is 0. The molecule has 7 heteroatoms. The van der Waals surface area contributed by atoms with Crippen molar-refractivity contribution in [3.8, 4) is 0 Å². The molecule has 1 aromatic heterocycles. The molecule has 108 valence electrons. The number of hydrogen-bond acceptors (Lipinski definition) is 6. The summed E-state index contributed by atoms with van der Waals surface area (Å²) in [5, 5.41) is 5.32. The third-order valence-electron chi connectivity index (χ3n) is 3.12. The van der Waals surface area contributed by atoms with Gasteiger partial charge in [0.05, 0.1) is 13.1 Å². The molecule has 0 aliphatic carbocycles. The zero-order valence-electron chi connectivity index (χ0n) is 12.0. The Kier molecular flexibility index (Phi) is 4.16. The summed E-state index contributed by atoms with van der Waals surface area (Å²) in [6.07, 6.45) is 1.70. The first-order valence-electron chi connectivity index (χ1n) is 6.68. The van der Waals surface area contributed by atoms with Gasteiger partial charge >= 0.3 is 0 Å². The maximum atomic E-state index is 11.5. The first-order valence-corrected chi connectivity index (χ1v) is 6.68. The standard InChI is InChI=1S/C13H19N5O2/c1-4-5-9-15-12(14-3)8(2)13(16-9)18-6-10(19)17-11(20)7-18/h4-7H2,1-3H3,(H,14,15,16)(H,17,19,20). The molecule has 0 saturated carbocycles. The molecule has 2 N–H and O–H groups in total. The zero-order chi connectivity index (χ0) is 14.7. The quantitative estimate of drug-likeness (QED) is 0.767. The molecule has 0 unspecified atom stereocenters. The Bertz CT molecular complexity index is 528. The fourth-order valence-corrected chi connectivity index (χ4v) is 2.22. The summed E-state index contributed by atoms with van der Waals surface area (Å²) in [4.78, 5) is 33.6. The van der Waals surface area contributed by atoms with Gasteiger partial charge in [0.1, 0.15) is 17.5 Å². The molecule has 2 amide bonds. The van der Waals surface area contributed by atoms with Crippen molar-refractivity contribution in [1.29, 1.82) is 0 Å². The van der Waals surface area contributed by atoms with Crippen LogP contribution in [-0.4, -0.2) is 41.9 Å². The number of amides is 2. The molecule has 0 radical (unpaired) electrons. The number of carbonyl (C=O) groups is 2. The molecule has 0 atom stereocenters. The molecule has 1 aromatic rings. The van der Waals surface area contributed by atoms with Crippen LogP contribution in [-0.2, 0) is 16.0 Å². The topological polar surface area (TPSA) is 87.2 Å². The molecule has 1 aliphatic rings. The van der Waals surface area contributed by atoms with Crippen LogP contribution in [0.1, 0.15) is 24.7 Å². The van der Waals surface area contributed by atoms with Crippen molar-refractivity contribution < 1.29 is 9.59 Å². The molecule has 7 nitrogen and oxygen atoms in total. The minimum absolute atomic E-state index is 0.137. The van der Waals surface area contributed by atoms with Crippen LogP contribution in [0.25, 0.3) is 0 Å². The van der Waals surface area contributed by atoms with Gasteiger partial charge in [0.25, 0.3) is 0 Å². The number of rotatable bonds is 4. The van der Waals surface area contributed by atoms with Crippen molar-refractivity contribution in [2.75, 3.05) is 30.4 Å². The predicted molar refractivity (Wildman–Crippen MR) is 75.7 cm³/mol. The Morgan fingerprint density at radius 3 is 2.45 bits per heavy atom. The molecule has 1 fully saturated rings. The van der Waals surface area contributed by atoms with Crippen molar-refractivity contribution in [3.63, 3.8) is 0 Å². The smallest absolute Gasteiger partial charge is 0.246 e. The highest BCUT2D eigenvalue weighted by atomic mass is 16.2. The number of aromatic nitrogens is 2. The van der Waals surface area contributed by atoms with Crippen molar-refractivity contribution in [3.05, 3.63) is 11.4 Å². The van der Waals surface area contributed by atoms with Gasteiger partial charge < -0.3 is 10.2 Å². The van der Waals surface area contributed by atoms with Gasteiger partial charge in [-0.1, -0.05) is 6.92 Å². The Balaban J connectivity index is 2.40. The van der Waals surface area contributed by atoms with Crippen LogP contribution < -0.4 is 15.5 Å². The highest BCUT2D eigenvalue weighted by Crippen LogP contribution is 2.24. The van der Waals surface area contributed by atoms with E-state index in [1.807, 2.05) is 6.92 Å². The minimum Gasteiger partial charge on any atom is -0.373 e. The van der Waals surface area contributed by atoms with Crippen LogP contribution >= 0.6 is 0 Å². The largest absolute Gasteiger partial charge is 0.373 e. The molecule has 2 heterocycles. The lowest BCUT2D eigenvalue weighted by molar-refractivity contribution is -0.130. The molecule has 20 heavy (non-hydrogen) atoms. The number of hydrogen-bond donors (Lipinski definition) is 2. The van der Waals surface area contributed by atoms with Gasteiger partial charge in [-0.25, -0.2) is 9.97 Å². The normalized spacial score (nSPS) is 15.2. The van der Waals surface area contributed by atoms with Gasteiger partial charge in [-0.15, -0.1) is 0 Å². The molecule has 0 aromatic carbocycles. The van der Waals surface area contributed by atoms with Crippen LogP contribution in [0.4, 0.5) is 11.6 Å². The lowest BCUT2D eigenvalue weighted by Crippen LogP contribution is -2.52. The second-order valence-corrected chi connectivity index (χ2v) is 4.76. The predicted octanol–water partition coefficient (Wildman–Crippen LogP) is 0.242. The second kappa shape index (κ2) is 5.85. The van der Waals surface area contributed by atoms with E-state index in [1.165, 1.54) is 0 Å². The summed E-state index contributed by atoms with van der Waals surface area (Å²) in [6, 6.07) is 0. The van der Waals surface area contributed by atoms with E-state index in [9.17, 15) is 9.59 Å². The molecular formula is C13H19N5O2. The average Bonchev–Trinajstić information content (AvgIpc) is 2.39. The average molecular weight is 277 g/mol. The number of nitrogens with zero attached hydrogens (tertiary/aromatic N) is 3. The Morgan fingerprint density at radius 1 is 1.25 bits per heavy atom. The van der Waals surface area contributed by atoms with Crippen molar-refractivity contribution in [2.45, 2.75) is 26.7 Å². The number of aryl methyl sites for hydroxylation is 1. The van der Waals surface area contributed by atoms with Crippen LogP contribution in [0.3, 0.4) is 0 Å². The fourth-order valence-electron chi connectivity index (χ4n) is 2.22. The third-order valence-corrected chi connectivity index (χ3v) is 3.12. The van der Waals surface area contributed by atoms with Crippen molar-refractivity contribution in [2.24, 2.45) is 0 Å².